The summed E-state index contributed by atoms with van der Waals surface area (Å²) < 4.78 is 29.0. The highest BCUT2D eigenvalue weighted by atomic mass is 32.2. The van der Waals surface area contributed by atoms with Gasteiger partial charge in [-0.25, -0.2) is 4.98 Å². The average Bonchev–Trinajstić information content (AvgIpc) is 3.50. The molecule has 1 unspecified atom stereocenters. The van der Waals surface area contributed by atoms with Crippen LogP contribution in [0.1, 0.15) is 10.4 Å². The van der Waals surface area contributed by atoms with Gasteiger partial charge in [0.25, 0.3) is 0 Å². The minimum Gasteiger partial charge on any atom is -0.771 e. The number of hydrogen-bond donors (Lipinski definition) is 1. The number of morpholine rings is 1. The molecule has 4 aromatic rings. The van der Waals surface area contributed by atoms with E-state index in [9.17, 15) is 8.76 Å². The quantitative estimate of drug-likeness (QED) is 0.384. The number of H-pyrrole nitrogens is 1. The second kappa shape index (κ2) is 10.2. The molecule has 190 valence electrons. The Bertz CT molecular complexity index is 1410. The number of benzene rings is 1. The van der Waals surface area contributed by atoms with Gasteiger partial charge < -0.3 is 14.2 Å². The third-order valence-corrected chi connectivity index (χ3v) is 9.06. The van der Waals surface area contributed by atoms with Gasteiger partial charge in [0, 0.05) is 67.0 Å². The summed E-state index contributed by atoms with van der Waals surface area (Å²) in [6.07, 6.45) is 1.87. The number of rotatable bonds is 6. The number of thiophene rings is 1. The number of hydrogen-bond acceptors (Lipinski definition) is 9. The van der Waals surface area contributed by atoms with Gasteiger partial charge in [-0.2, -0.15) is 5.10 Å². The lowest BCUT2D eigenvalue weighted by atomic mass is 10.0. The van der Waals surface area contributed by atoms with Crippen molar-refractivity contribution in [3.8, 4) is 11.3 Å². The molecule has 0 aliphatic carbocycles. The number of ether oxygens (including phenoxy) is 1. The predicted octanol–water partition coefficient (Wildman–Crippen LogP) is 2.94. The molecule has 0 amide bonds. The van der Waals surface area contributed by atoms with E-state index in [2.05, 4.69) is 39.1 Å². The van der Waals surface area contributed by atoms with Crippen LogP contribution in [0.25, 0.3) is 32.2 Å². The lowest BCUT2D eigenvalue weighted by Crippen LogP contribution is -2.46. The molecule has 0 saturated carbocycles. The number of aromatic amines is 1. The molecule has 9 nitrogen and oxygen atoms in total. The summed E-state index contributed by atoms with van der Waals surface area (Å²) in [6.45, 7) is 9.45. The Morgan fingerprint density at radius 3 is 2.67 bits per heavy atom. The van der Waals surface area contributed by atoms with Gasteiger partial charge in [-0.1, -0.05) is 12.1 Å². The normalized spacial score (nSPS) is 18.9. The number of nitrogens with one attached hydrogen (secondary N) is 1. The highest BCUT2D eigenvalue weighted by molar-refractivity contribution is 7.79. The Morgan fingerprint density at radius 1 is 1.11 bits per heavy atom. The molecule has 2 aliphatic heterocycles. The van der Waals surface area contributed by atoms with Crippen LogP contribution in [0, 0.1) is 6.92 Å². The van der Waals surface area contributed by atoms with Gasteiger partial charge >= 0.3 is 0 Å². The summed E-state index contributed by atoms with van der Waals surface area (Å²) in [6, 6.07) is 8.43. The summed E-state index contributed by atoms with van der Waals surface area (Å²) in [5, 5.41) is 9.65. The van der Waals surface area contributed by atoms with Crippen LogP contribution in [-0.4, -0.2) is 92.1 Å². The van der Waals surface area contributed by atoms with E-state index in [-0.39, 0.29) is 5.88 Å². The maximum Gasteiger partial charge on any atom is 0.147 e. The molecule has 2 saturated heterocycles. The van der Waals surface area contributed by atoms with E-state index in [1.807, 2.05) is 34.6 Å². The van der Waals surface area contributed by atoms with Crippen LogP contribution in [-0.2, 0) is 22.4 Å². The second-order valence-electron chi connectivity index (χ2n) is 9.42. The van der Waals surface area contributed by atoms with Gasteiger partial charge in [0.15, 0.2) is 0 Å². The molecule has 6 rings (SSSR count). The van der Waals surface area contributed by atoms with E-state index in [1.165, 1.54) is 20.5 Å². The van der Waals surface area contributed by atoms with Gasteiger partial charge in [-0.05, 0) is 35.7 Å². The maximum absolute atomic E-state index is 11.1. The SMILES string of the molecule is Cc1c(CN2CCN(CS(=O)[O-])CC2)sc2c(N3CCOCC3)nc(-c3cccc4[nH]ncc34)cc12. The molecular formula is C25H29N6O3S2-. The van der Waals surface area contributed by atoms with Gasteiger partial charge in [0.1, 0.15) is 5.82 Å². The largest absolute Gasteiger partial charge is 0.771 e. The number of pyridine rings is 1. The fraction of sp³-hybridized carbons (Fsp3) is 0.440. The van der Waals surface area contributed by atoms with E-state index in [4.69, 9.17) is 9.72 Å². The first-order chi connectivity index (χ1) is 17.6. The van der Waals surface area contributed by atoms with Crippen LogP contribution in [0.15, 0.2) is 30.5 Å². The van der Waals surface area contributed by atoms with Gasteiger partial charge in [0.2, 0.25) is 0 Å². The molecule has 11 heteroatoms. The maximum atomic E-state index is 11.1. The van der Waals surface area contributed by atoms with Crippen molar-refractivity contribution in [2.24, 2.45) is 0 Å². The van der Waals surface area contributed by atoms with Crippen LogP contribution in [0.4, 0.5) is 5.82 Å². The summed E-state index contributed by atoms with van der Waals surface area (Å²) in [5.41, 5.74) is 4.35. The highest BCUT2D eigenvalue weighted by Crippen LogP contribution is 2.40. The summed E-state index contributed by atoms with van der Waals surface area (Å²) in [5.74, 6) is 1.16. The van der Waals surface area contributed by atoms with Crippen molar-refractivity contribution in [1.82, 2.24) is 25.0 Å². The van der Waals surface area contributed by atoms with Crippen LogP contribution < -0.4 is 4.90 Å². The smallest absolute Gasteiger partial charge is 0.147 e. The standard InChI is InChI=1S/C25H30N6O3S2/c1-17-19-13-22(18-3-2-4-21-20(18)14-26-28-21)27-25(31-9-11-34-12-10-31)24(19)35-23(17)15-29-5-7-30(8-6-29)16-36(32)33/h2-4,13-14H,5-12,15-16H2,1H3,(H,26,28)(H,32,33)/p-1. The monoisotopic (exact) mass is 525 g/mol. The van der Waals surface area contributed by atoms with Crippen molar-refractivity contribution in [2.45, 2.75) is 13.5 Å². The van der Waals surface area contributed by atoms with E-state index in [1.54, 1.807) is 0 Å². The summed E-state index contributed by atoms with van der Waals surface area (Å²) >= 11 is -0.182. The van der Waals surface area contributed by atoms with E-state index in [0.717, 1.165) is 73.8 Å². The zero-order valence-corrected chi connectivity index (χ0v) is 21.9. The first-order valence-corrected chi connectivity index (χ1v) is 14.3. The van der Waals surface area contributed by atoms with Crippen LogP contribution in [0.3, 0.4) is 0 Å². The molecule has 0 radical (unpaired) electrons. The van der Waals surface area contributed by atoms with Crippen molar-refractivity contribution in [3.05, 3.63) is 40.9 Å². The summed E-state index contributed by atoms with van der Waals surface area (Å²) in [7, 11) is 0. The Kier molecular flexibility index (Phi) is 6.76. The lowest BCUT2D eigenvalue weighted by Gasteiger charge is -2.34. The molecule has 36 heavy (non-hydrogen) atoms. The second-order valence-corrected chi connectivity index (χ2v) is 11.4. The first-order valence-electron chi connectivity index (χ1n) is 12.3. The minimum absolute atomic E-state index is 0.122. The first kappa shape index (κ1) is 24.0. The molecule has 0 spiro atoms. The zero-order chi connectivity index (χ0) is 24.6. The van der Waals surface area contributed by atoms with Crippen LogP contribution in [0.5, 0.6) is 0 Å². The molecule has 1 atom stereocenters. The van der Waals surface area contributed by atoms with E-state index >= 15 is 0 Å². The zero-order valence-electron chi connectivity index (χ0n) is 20.2. The number of aromatic nitrogens is 3. The Hall–Kier alpha value is -2.41. The van der Waals surface area contributed by atoms with Gasteiger partial charge in [-0.15, -0.1) is 11.3 Å². The Labute approximate surface area is 216 Å². The molecule has 2 fully saturated rings. The number of nitrogens with zero attached hydrogens (tertiary/aromatic N) is 5. The van der Waals surface area contributed by atoms with Crippen LogP contribution >= 0.6 is 11.3 Å². The van der Waals surface area contributed by atoms with Crippen molar-refractivity contribution in [1.29, 1.82) is 0 Å². The van der Waals surface area contributed by atoms with Crippen molar-refractivity contribution >= 4 is 49.2 Å². The van der Waals surface area contributed by atoms with E-state index < -0.39 is 11.1 Å². The Morgan fingerprint density at radius 2 is 1.89 bits per heavy atom. The molecule has 0 bridgehead atoms. The Balaban J connectivity index is 1.37. The van der Waals surface area contributed by atoms with Gasteiger partial charge in [-0.3, -0.25) is 19.1 Å². The van der Waals surface area contributed by atoms with Gasteiger partial charge in [0.05, 0.1) is 41.2 Å². The topological polar surface area (TPSA) is 101 Å². The average molecular weight is 526 g/mol. The molecule has 2 aliphatic rings. The molecule has 3 aromatic heterocycles. The molecule has 1 N–H and O–H groups in total. The molecule has 5 heterocycles. The molecular weight excluding hydrogens is 496 g/mol. The number of piperazine rings is 1. The van der Waals surface area contributed by atoms with Crippen molar-refractivity contribution in [3.63, 3.8) is 0 Å². The fourth-order valence-corrected chi connectivity index (χ4v) is 7.05. The lowest BCUT2D eigenvalue weighted by molar-refractivity contribution is 0.122. The molecule has 1 aromatic carbocycles. The third-order valence-electron chi connectivity index (χ3n) is 7.19. The number of fused-ring (bicyclic) bond motifs is 2. The van der Waals surface area contributed by atoms with Crippen LogP contribution in [0.2, 0.25) is 0 Å². The van der Waals surface area contributed by atoms with Crippen molar-refractivity contribution in [2.75, 3.05) is 63.3 Å². The number of anilines is 1. The minimum atomic E-state index is -2.02. The van der Waals surface area contributed by atoms with E-state index in [0.29, 0.717) is 13.2 Å². The fourth-order valence-electron chi connectivity index (χ4n) is 5.15. The predicted molar refractivity (Wildman–Crippen MR) is 143 cm³/mol. The third kappa shape index (κ3) is 4.67. The highest BCUT2D eigenvalue weighted by Gasteiger charge is 2.24. The number of aryl methyl sites for hydroxylation is 1. The van der Waals surface area contributed by atoms with Crippen molar-refractivity contribution < 1.29 is 13.5 Å². The summed E-state index contributed by atoms with van der Waals surface area (Å²) in [4.78, 5) is 13.4.